The number of rotatable bonds is 4. The molecule has 1 heterocycles. The van der Waals surface area contributed by atoms with Gasteiger partial charge >= 0.3 is 0 Å². The molecule has 13 heavy (non-hydrogen) atoms. The Kier molecular flexibility index (Phi) is 4.25. The molecule has 0 bridgehead atoms. The molecule has 0 atom stereocenters. The Morgan fingerprint density at radius 1 is 1.31 bits per heavy atom. The maximum Gasteiger partial charge on any atom is 0.0271 e. The first-order valence-corrected chi connectivity index (χ1v) is 4.99. The quantitative estimate of drug-likeness (QED) is 0.679. The zero-order chi connectivity index (χ0) is 9.68. The summed E-state index contributed by atoms with van der Waals surface area (Å²) >= 11 is 0. The first-order valence-electron chi connectivity index (χ1n) is 4.99. The van der Waals surface area contributed by atoms with E-state index in [1.54, 1.807) is 0 Å². The SMILES string of the molecule is C=C(C)NCCN1CCN(C)CC1. The van der Waals surface area contributed by atoms with E-state index in [9.17, 15) is 0 Å². The van der Waals surface area contributed by atoms with Gasteiger partial charge in [-0.25, -0.2) is 0 Å². The summed E-state index contributed by atoms with van der Waals surface area (Å²) in [5, 5.41) is 3.25. The van der Waals surface area contributed by atoms with Gasteiger partial charge in [0.05, 0.1) is 0 Å². The second-order valence-electron chi connectivity index (χ2n) is 3.85. The number of likely N-dealkylation sites (N-methyl/N-ethyl adjacent to an activating group) is 1. The molecule has 0 amide bonds. The Hall–Kier alpha value is -0.540. The molecule has 76 valence electrons. The fourth-order valence-electron chi connectivity index (χ4n) is 1.50. The standard InChI is InChI=1S/C10H21N3/c1-10(2)11-4-5-13-8-6-12(3)7-9-13/h11H,1,4-9H2,2-3H3. The zero-order valence-electron chi connectivity index (χ0n) is 8.84. The Bertz CT molecular complexity index is 160. The molecule has 0 aromatic rings. The lowest BCUT2D eigenvalue weighted by atomic mass is 10.3. The highest BCUT2D eigenvalue weighted by atomic mass is 15.2. The minimum atomic E-state index is 1.03. The summed E-state index contributed by atoms with van der Waals surface area (Å²) in [6.07, 6.45) is 0. The smallest absolute Gasteiger partial charge is 0.0271 e. The van der Waals surface area contributed by atoms with Crippen molar-refractivity contribution in [1.29, 1.82) is 0 Å². The summed E-state index contributed by atoms with van der Waals surface area (Å²) in [5.41, 5.74) is 1.06. The van der Waals surface area contributed by atoms with Gasteiger partial charge in [-0.05, 0) is 14.0 Å². The molecular weight excluding hydrogens is 162 g/mol. The predicted octanol–water partition coefficient (Wildman–Crippen LogP) is 0.357. The van der Waals surface area contributed by atoms with E-state index in [2.05, 4.69) is 28.7 Å². The van der Waals surface area contributed by atoms with Crippen LogP contribution >= 0.6 is 0 Å². The van der Waals surface area contributed by atoms with Crippen molar-refractivity contribution in [2.45, 2.75) is 6.92 Å². The van der Waals surface area contributed by atoms with E-state index in [-0.39, 0.29) is 0 Å². The normalized spacial score (nSPS) is 20.2. The van der Waals surface area contributed by atoms with E-state index < -0.39 is 0 Å². The molecule has 3 heteroatoms. The van der Waals surface area contributed by atoms with Crippen LogP contribution in [0.15, 0.2) is 12.3 Å². The molecule has 0 unspecified atom stereocenters. The summed E-state index contributed by atoms with van der Waals surface area (Å²) in [6.45, 7) is 12.8. The van der Waals surface area contributed by atoms with Crippen molar-refractivity contribution < 1.29 is 0 Å². The summed E-state index contributed by atoms with van der Waals surface area (Å²) < 4.78 is 0. The van der Waals surface area contributed by atoms with Gasteiger partial charge in [-0.1, -0.05) is 6.58 Å². The van der Waals surface area contributed by atoms with Crippen molar-refractivity contribution in [1.82, 2.24) is 15.1 Å². The predicted molar refractivity (Wildman–Crippen MR) is 56.8 cm³/mol. The Morgan fingerprint density at radius 3 is 2.46 bits per heavy atom. The van der Waals surface area contributed by atoms with Crippen LogP contribution in [0.5, 0.6) is 0 Å². The van der Waals surface area contributed by atoms with E-state index in [1.165, 1.54) is 26.2 Å². The summed E-state index contributed by atoms with van der Waals surface area (Å²) in [4.78, 5) is 4.87. The topological polar surface area (TPSA) is 18.5 Å². The Labute approximate surface area is 81.4 Å². The molecule has 0 aromatic carbocycles. The van der Waals surface area contributed by atoms with Crippen LogP contribution in [0.25, 0.3) is 0 Å². The van der Waals surface area contributed by atoms with Crippen LogP contribution in [0.4, 0.5) is 0 Å². The van der Waals surface area contributed by atoms with Crippen molar-refractivity contribution >= 4 is 0 Å². The first kappa shape index (κ1) is 10.5. The summed E-state index contributed by atoms with van der Waals surface area (Å²) in [7, 11) is 2.18. The summed E-state index contributed by atoms with van der Waals surface area (Å²) in [5.74, 6) is 0. The number of nitrogens with zero attached hydrogens (tertiary/aromatic N) is 2. The second kappa shape index (κ2) is 5.25. The van der Waals surface area contributed by atoms with Crippen molar-refractivity contribution in [2.75, 3.05) is 46.3 Å². The van der Waals surface area contributed by atoms with Crippen LogP contribution in [-0.4, -0.2) is 56.1 Å². The molecule has 0 aromatic heterocycles. The lowest BCUT2D eigenvalue weighted by molar-refractivity contribution is 0.155. The maximum atomic E-state index is 3.81. The average molecular weight is 183 g/mol. The van der Waals surface area contributed by atoms with Gasteiger partial charge in [-0.2, -0.15) is 0 Å². The number of allylic oxidation sites excluding steroid dienone is 1. The number of hydrogen-bond donors (Lipinski definition) is 1. The van der Waals surface area contributed by atoms with Crippen molar-refractivity contribution in [2.24, 2.45) is 0 Å². The zero-order valence-corrected chi connectivity index (χ0v) is 8.84. The monoisotopic (exact) mass is 183 g/mol. The van der Waals surface area contributed by atoms with Crippen LogP contribution in [0.2, 0.25) is 0 Å². The summed E-state index contributed by atoms with van der Waals surface area (Å²) in [6, 6.07) is 0. The average Bonchev–Trinajstić information content (AvgIpc) is 2.08. The second-order valence-corrected chi connectivity index (χ2v) is 3.85. The van der Waals surface area contributed by atoms with E-state index >= 15 is 0 Å². The van der Waals surface area contributed by atoms with Crippen LogP contribution in [0.3, 0.4) is 0 Å². The minimum absolute atomic E-state index is 1.03. The van der Waals surface area contributed by atoms with Crippen LogP contribution in [0, 0.1) is 0 Å². The minimum Gasteiger partial charge on any atom is -0.388 e. The molecule has 0 spiro atoms. The lowest BCUT2D eigenvalue weighted by Crippen LogP contribution is -2.46. The largest absolute Gasteiger partial charge is 0.388 e. The van der Waals surface area contributed by atoms with Crippen LogP contribution < -0.4 is 5.32 Å². The van der Waals surface area contributed by atoms with Gasteiger partial charge in [0.15, 0.2) is 0 Å². The first-order chi connectivity index (χ1) is 6.18. The van der Waals surface area contributed by atoms with Gasteiger partial charge in [0, 0.05) is 45.0 Å². The molecule has 1 aliphatic heterocycles. The van der Waals surface area contributed by atoms with E-state index in [1.807, 2.05) is 6.92 Å². The molecule has 1 aliphatic rings. The fourth-order valence-corrected chi connectivity index (χ4v) is 1.50. The van der Waals surface area contributed by atoms with Crippen molar-refractivity contribution in [3.05, 3.63) is 12.3 Å². The molecule has 1 saturated heterocycles. The third-order valence-corrected chi connectivity index (χ3v) is 2.45. The molecular formula is C10H21N3. The van der Waals surface area contributed by atoms with Gasteiger partial charge in [-0.15, -0.1) is 0 Å². The molecule has 1 N–H and O–H groups in total. The molecule has 1 fully saturated rings. The van der Waals surface area contributed by atoms with Gasteiger partial charge in [-0.3, -0.25) is 4.90 Å². The molecule has 1 rings (SSSR count). The maximum absolute atomic E-state index is 3.81. The van der Waals surface area contributed by atoms with Gasteiger partial charge in [0.2, 0.25) is 0 Å². The highest BCUT2D eigenvalue weighted by Gasteiger charge is 2.12. The number of hydrogen-bond acceptors (Lipinski definition) is 3. The van der Waals surface area contributed by atoms with E-state index in [0.717, 1.165) is 18.8 Å². The molecule has 0 saturated carbocycles. The number of piperazine rings is 1. The van der Waals surface area contributed by atoms with Crippen molar-refractivity contribution in [3.8, 4) is 0 Å². The van der Waals surface area contributed by atoms with E-state index in [4.69, 9.17) is 0 Å². The highest BCUT2D eigenvalue weighted by molar-refractivity contribution is 4.84. The van der Waals surface area contributed by atoms with Crippen LogP contribution in [-0.2, 0) is 0 Å². The molecule has 0 radical (unpaired) electrons. The molecule has 0 aliphatic carbocycles. The third-order valence-electron chi connectivity index (χ3n) is 2.45. The van der Waals surface area contributed by atoms with Gasteiger partial charge in [0.25, 0.3) is 0 Å². The number of nitrogens with one attached hydrogen (secondary N) is 1. The van der Waals surface area contributed by atoms with E-state index in [0.29, 0.717) is 0 Å². The lowest BCUT2D eigenvalue weighted by Gasteiger charge is -2.32. The van der Waals surface area contributed by atoms with Crippen LogP contribution in [0.1, 0.15) is 6.92 Å². The fraction of sp³-hybridized carbons (Fsp3) is 0.800. The Morgan fingerprint density at radius 2 is 1.92 bits per heavy atom. The highest BCUT2D eigenvalue weighted by Crippen LogP contribution is 1.97. The molecule has 3 nitrogen and oxygen atoms in total. The van der Waals surface area contributed by atoms with Crippen molar-refractivity contribution in [3.63, 3.8) is 0 Å². The van der Waals surface area contributed by atoms with Gasteiger partial charge in [0.1, 0.15) is 0 Å². The van der Waals surface area contributed by atoms with Gasteiger partial charge < -0.3 is 10.2 Å². The Balaban J connectivity index is 2.05. The third kappa shape index (κ3) is 4.29.